The van der Waals surface area contributed by atoms with Crippen molar-refractivity contribution < 1.29 is 26.7 Å². The Labute approximate surface area is 192 Å². The van der Waals surface area contributed by atoms with Crippen LogP contribution >= 0.6 is 0 Å². The number of nitrogens with zero attached hydrogens (tertiary/aromatic N) is 2. The van der Waals surface area contributed by atoms with Crippen LogP contribution in [0.25, 0.3) is 0 Å². The summed E-state index contributed by atoms with van der Waals surface area (Å²) in [6.45, 7) is 0. The van der Waals surface area contributed by atoms with Crippen LogP contribution in [-0.4, -0.2) is 22.6 Å². The van der Waals surface area contributed by atoms with Crippen LogP contribution in [0, 0.1) is 0 Å². The van der Waals surface area contributed by atoms with Gasteiger partial charge in [0.15, 0.2) is 0 Å². The molecule has 4 rings (SSSR count). The van der Waals surface area contributed by atoms with Gasteiger partial charge < -0.3 is 10.2 Å². The second-order valence-corrected chi connectivity index (χ2v) is 6.31. The van der Waals surface area contributed by atoms with Crippen LogP contribution in [0.5, 0.6) is 11.5 Å². The smallest absolute Gasteiger partial charge is 0.124 e. The Morgan fingerprint density at radius 2 is 0.774 bits per heavy atom. The number of hydrogen-bond acceptors (Lipinski definition) is 4. The van der Waals surface area contributed by atoms with Gasteiger partial charge in [0.2, 0.25) is 0 Å². The maximum absolute atomic E-state index is 9.50. The van der Waals surface area contributed by atoms with Crippen LogP contribution in [-0.2, 0) is 16.5 Å². The molecule has 0 amide bonds. The van der Waals surface area contributed by atoms with E-state index in [0.29, 0.717) is 0 Å². The molecule has 5 heteroatoms. The molecule has 0 fully saturated rings. The number of benzene rings is 4. The first kappa shape index (κ1) is 23.6. The largest absolute Gasteiger partial charge is 0.507 e. The number of hydrogen-bond donors (Lipinski definition) is 2. The average molecular weight is 453 g/mol. The van der Waals surface area contributed by atoms with Gasteiger partial charge in [-0.3, -0.25) is 9.98 Å². The fourth-order valence-electron chi connectivity index (χ4n) is 2.51. The standard InChI is InChI=1S/2C13H11NO.Ni/c2*15-13-9-5-4-6-11(13)10-14-12-7-2-1-3-8-12;/h2*1-10,15H;. The SMILES string of the molecule is Oc1ccccc1C=Nc1ccccc1.Oc1ccccc1C=Nc1ccccc1.[Ni]. The van der Waals surface area contributed by atoms with Gasteiger partial charge in [-0.05, 0) is 48.5 Å². The zero-order valence-electron chi connectivity index (χ0n) is 16.7. The summed E-state index contributed by atoms with van der Waals surface area (Å²) in [5.41, 5.74) is 3.20. The van der Waals surface area contributed by atoms with Crippen molar-refractivity contribution in [1.29, 1.82) is 0 Å². The molecule has 0 spiro atoms. The summed E-state index contributed by atoms with van der Waals surface area (Å²) in [4.78, 5) is 8.50. The predicted octanol–water partition coefficient (Wildman–Crippen LogP) is 6.28. The average Bonchev–Trinajstić information content (AvgIpc) is 2.80. The van der Waals surface area contributed by atoms with Gasteiger partial charge in [0, 0.05) is 40.0 Å². The van der Waals surface area contributed by atoms with Gasteiger partial charge in [0.1, 0.15) is 11.5 Å². The first-order valence-corrected chi connectivity index (χ1v) is 9.46. The van der Waals surface area contributed by atoms with E-state index in [4.69, 9.17) is 0 Å². The van der Waals surface area contributed by atoms with Crippen LogP contribution in [0.3, 0.4) is 0 Å². The van der Waals surface area contributed by atoms with Crippen molar-refractivity contribution in [2.75, 3.05) is 0 Å². The van der Waals surface area contributed by atoms with Gasteiger partial charge >= 0.3 is 0 Å². The minimum atomic E-state index is 0. The maximum Gasteiger partial charge on any atom is 0.124 e. The topological polar surface area (TPSA) is 65.2 Å². The zero-order chi connectivity index (χ0) is 21.0. The summed E-state index contributed by atoms with van der Waals surface area (Å²) in [7, 11) is 0. The van der Waals surface area contributed by atoms with E-state index in [1.165, 1.54) is 0 Å². The first-order chi connectivity index (χ1) is 14.7. The Kier molecular flexibility index (Phi) is 9.73. The van der Waals surface area contributed by atoms with Crippen LogP contribution in [0.15, 0.2) is 119 Å². The van der Waals surface area contributed by atoms with E-state index in [1.54, 1.807) is 36.7 Å². The fourth-order valence-corrected chi connectivity index (χ4v) is 2.51. The molecule has 0 aliphatic heterocycles. The van der Waals surface area contributed by atoms with Crippen LogP contribution in [0.1, 0.15) is 11.1 Å². The molecular formula is C26H22N2NiO2. The Morgan fingerprint density at radius 3 is 1.13 bits per heavy atom. The molecule has 0 aromatic heterocycles. The van der Waals surface area contributed by atoms with Gasteiger partial charge in [-0.2, -0.15) is 0 Å². The minimum Gasteiger partial charge on any atom is -0.507 e. The third-order valence-corrected chi connectivity index (χ3v) is 4.09. The van der Waals surface area contributed by atoms with Crippen molar-refractivity contribution in [3.8, 4) is 11.5 Å². The van der Waals surface area contributed by atoms with Gasteiger partial charge in [-0.15, -0.1) is 0 Å². The van der Waals surface area contributed by atoms with Crippen LogP contribution in [0.2, 0.25) is 0 Å². The molecule has 158 valence electrons. The Morgan fingerprint density at radius 1 is 0.452 bits per heavy atom. The molecule has 4 aromatic rings. The van der Waals surface area contributed by atoms with E-state index in [9.17, 15) is 10.2 Å². The van der Waals surface area contributed by atoms with Gasteiger partial charge in [-0.1, -0.05) is 60.7 Å². The summed E-state index contributed by atoms with van der Waals surface area (Å²) < 4.78 is 0. The second-order valence-electron chi connectivity index (χ2n) is 6.31. The quantitative estimate of drug-likeness (QED) is 0.282. The molecule has 4 aromatic carbocycles. The summed E-state index contributed by atoms with van der Waals surface area (Å²) in [5, 5.41) is 19.0. The van der Waals surface area contributed by atoms with Crippen LogP contribution in [0.4, 0.5) is 11.4 Å². The van der Waals surface area contributed by atoms with E-state index in [1.807, 2.05) is 84.9 Å². The summed E-state index contributed by atoms with van der Waals surface area (Å²) in [6.07, 6.45) is 3.31. The van der Waals surface area contributed by atoms with Gasteiger partial charge in [0.25, 0.3) is 0 Å². The Balaban J connectivity index is 0.000000213. The monoisotopic (exact) mass is 452 g/mol. The third-order valence-electron chi connectivity index (χ3n) is 4.09. The molecule has 0 heterocycles. The molecule has 0 unspecified atom stereocenters. The molecule has 4 nitrogen and oxygen atoms in total. The number of rotatable bonds is 4. The molecule has 0 bridgehead atoms. The van der Waals surface area contributed by atoms with Crippen molar-refractivity contribution in [3.05, 3.63) is 120 Å². The maximum atomic E-state index is 9.50. The Hall–Kier alpha value is -3.69. The van der Waals surface area contributed by atoms with E-state index in [2.05, 4.69) is 9.98 Å². The molecule has 0 saturated carbocycles. The second kappa shape index (κ2) is 12.8. The van der Waals surface area contributed by atoms with Gasteiger partial charge in [-0.25, -0.2) is 0 Å². The van der Waals surface area contributed by atoms with Gasteiger partial charge in [0.05, 0.1) is 11.4 Å². The zero-order valence-corrected chi connectivity index (χ0v) is 17.6. The molecular weight excluding hydrogens is 431 g/mol. The molecule has 0 aliphatic carbocycles. The first-order valence-electron chi connectivity index (χ1n) is 9.46. The number of para-hydroxylation sites is 4. The third kappa shape index (κ3) is 7.92. The van der Waals surface area contributed by atoms with Crippen molar-refractivity contribution in [3.63, 3.8) is 0 Å². The van der Waals surface area contributed by atoms with Crippen molar-refractivity contribution >= 4 is 23.8 Å². The number of phenols is 2. The molecule has 0 radical (unpaired) electrons. The normalized spacial score (nSPS) is 10.3. The van der Waals surface area contributed by atoms with Crippen molar-refractivity contribution in [2.45, 2.75) is 0 Å². The summed E-state index contributed by atoms with van der Waals surface area (Å²) in [5.74, 6) is 0.495. The van der Waals surface area contributed by atoms with E-state index < -0.39 is 0 Å². The van der Waals surface area contributed by atoms with Crippen molar-refractivity contribution in [1.82, 2.24) is 0 Å². The molecule has 0 saturated heterocycles. The number of phenolic OH excluding ortho intramolecular Hbond substituents is 2. The molecule has 31 heavy (non-hydrogen) atoms. The minimum absolute atomic E-state index is 0. The predicted molar refractivity (Wildman–Crippen MR) is 124 cm³/mol. The molecule has 0 atom stereocenters. The summed E-state index contributed by atoms with van der Waals surface area (Å²) in [6, 6.07) is 33.5. The number of aromatic hydroxyl groups is 2. The summed E-state index contributed by atoms with van der Waals surface area (Å²) >= 11 is 0. The van der Waals surface area contributed by atoms with E-state index in [-0.39, 0.29) is 28.0 Å². The molecule has 2 N–H and O–H groups in total. The van der Waals surface area contributed by atoms with E-state index in [0.717, 1.165) is 22.5 Å². The van der Waals surface area contributed by atoms with E-state index >= 15 is 0 Å². The van der Waals surface area contributed by atoms with Crippen LogP contribution < -0.4 is 0 Å². The fraction of sp³-hybridized carbons (Fsp3) is 0. The molecule has 0 aliphatic rings. The van der Waals surface area contributed by atoms with Crippen molar-refractivity contribution in [2.24, 2.45) is 9.98 Å². The number of aliphatic imine (C=N–C) groups is 2. The Bertz CT molecular complexity index is 1020.